The number of amides is 1. The first kappa shape index (κ1) is 27.6. The normalized spacial score (nSPS) is 23.0. The highest BCUT2D eigenvalue weighted by Gasteiger charge is 2.41. The number of benzene rings is 1. The molecule has 3 heterocycles. The van der Waals surface area contributed by atoms with E-state index in [4.69, 9.17) is 0 Å². The molecule has 7 nitrogen and oxygen atoms in total. The van der Waals surface area contributed by atoms with Crippen LogP contribution in [0.4, 0.5) is 32.0 Å². The quantitative estimate of drug-likeness (QED) is 0.368. The maximum Gasteiger partial charge on any atom is 0.433 e. The van der Waals surface area contributed by atoms with Gasteiger partial charge in [0.15, 0.2) is 0 Å². The SMILES string of the molecule is O=C(CNc1cc(C(F)(F)F)nc2ccc(C(F)(F)F)cc12)NC1CN([C@H]2CC[C@@](O)(c3cncs3)CC2)C1. The maximum absolute atomic E-state index is 13.3. The van der Waals surface area contributed by atoms with Crippen molar-refractivity contribution in [2.24, 2.45) is 0 Å². The van der Waals surface area contributed by atoms with E-state index < -0.39 is 41.7 Å². The number of anilines is 1. The van der Waals surface area contributed by atoms with Crippen LogP contribution < -0.4 is 10.6 Å². The summed E-state index contributed by atoms with van der Waals surface area (Å²) in [5.74, 6) is -0.492. The largest absolute Gasteiger partial charge is 0.433 e. The molecule has 2 aliphatic rings. The maximum atomic E-state index is 13.3. The molecule has 1 saturated carbocycles. The molecule has 2 aromatic heterocycles. The van der Waals surface area contributed by atoms with Gasteiger partial charge in [-0.25, -0.2) is 4.98 Å². The number of likely N-dealkylation sites (tertiary alicyclic amines) is 1. The number of nitrogens with one attached hydrogen (secondary N) is 2. The Bertz CT molecular complexity index is 1330. The summed E-state index contributed by atoms with van der Waals surface area (Å²) in [6.07, 6.45) is -4.98. The first-order chi connectivity index (χ1) is 18.3. The summed E-state index contributed by atoms with van der Waals surface area (Å²) in [6, 6.07) is 2.99. The number of carbonyl (C=O) groups is 1. The first-order valence-electron chi connectivity index (χ1n) is 12.3. The Hall–Kier alpha value is -2.97. The van der Waals surface area contributed by atoms with Crippen molar-refractivity contribution in [1.82, 2.24) is 20.2 Å². The predicted molar refractivity (Wildman–Crippen MR) is 132 cm³/mol. The molecule has 2 fully saturated rings. The highest BCUT2D eigenvalue weighted by Crippen LogP contribution is 2.41. The van der Waals surface area contributed by atoms with Gasteiger partial charge in [0.25, 0.3) is 0 Å². The minimum atomic E-state index is -4.82. The zero-order valence-electron chi connectivity index (χ0n) is 20.4. The lowest BCUT2D eigenvalue weighted by molar-refractivity contribution is -0.141. The summed E-state index contributed by atoms with van der Waals surface area (Å²) in [4.78, 5) is 23.1. The third-order valence-electron chi connectivity index (χ3n) is 7.33. The van der Waals surface area contributed by atoms with E-state index in [9.17, 15) is 36.2 Å². The Balaban J connectivity index is 1.17. The second-order valence-corrected chi connectivity index (χ2v) is 10.9. The van der Waals surface area contributed by atoms with Crippen LogP contribution in [-0.4, -0.2) is 57.6 Å². The summed E-state index contributed by atoms with van der Waals surface area (Å²) in [7, 11) is 0. The van der Waals surface area contributed by atoms with Crippen molar-refractivity contribution in [3.8, 4) is 0 Å². The molecule has 1 amide bonds. The molecule has 39 heavy (non-hydrogen) atoms. The van der Waals surface area contributed by atoms with Crippen molar-refractivity contribution in [3.63, 3.8) is 0 Å². The molecule has 0 radical (unpaired) electrons. The van der Waals surface area contributed by atoms with Gasteiger partial charge in [0, 0.05) is 36.4 Å². The van der Waals surface area contributed by atoms with Crippen LogP contribution in [0.5, 0.6) is 0 Å². The number of halogens is 6. The van der Waals surface area contributed by atoms with Crippen molar-refractivity contribution in [3.05, 3.63) is 52.1 Å². The van der Waals surface area contributed by atoms with Gasteiger partial charge in [-0.3, -0.25) is 14.7 Å². The molecule has 0 spiro atoms. The van der Waals surface area contributed by atoms with Gasteiger partial charge in [0.05, 0.1) is 34.1 Å². The number of rotatable bonds is 6. The molecule has 0 bridgehead atoms. The Morgan fingerprint density at radius 2 is 1.82 bits per heavy atom. The number of aliphatic hydroxyl groups is 1. The Morgan fingerprint density at radius 3 is 2.44 bits per heavy atom. The van der Waals surface area contributed by atoms with E-state index >= 15 is 0 Å². The molecule has 1 aromatic carbocycles. The van der Waals surface area contributed by atoms with Crippen LogP contribution in [0.15, 0.2) is 36.0 Å². The number of fused-ring (bicyclic) bond motifs is 1. The molecule has 1 saturated heterocycles. The number of thiazole rings is 1. The second-order valence-electron chi connectivity index (χ2n) is 9.98. The summed E-state index contributed by atoms with van der Waals surface area (Å²) < 4.78 is 79.5. The summed E-state index contributed by atoms with van der Waals surface area (Å²) in [6.45, 7) is 0.774. The lowest BCUT2D eigenvalue weighted by Crippen LogP contribution is -2.63. The zero-order chi connectivity index (χ0) is 28.0. The zero-order valence-corrected chi connectivity index (χ0v) is 21.3. The Morgan fingerprint density at radius 1 is 1.10 bits per heavy atom. The molecule has 5 rings (SSSR count). The fraction of sp³-hybridized carbons (Fsp3) is 0.480. The topological polar surface area (TPSA) is 90.4 Å². The standard InChI is InChI=1S/C25H25F6N5O2S/c26-24(27,28)14-1-2-18-17(7-14)19(8-20(35-18)25(29,30)31)33-10-22(37)34-15-11-36(12-15)16-3-5-23(38,6-4-16)21-9-32-13-39-21/h1-2,7-9,13,15-16,38H,3-6,10-12H2,(H,33,35)(H,34,37)/t16-,23-. The average Bonchev–Trinajstić information content (AvgIpc) is 3.40. The minimum Gasteiger partial charge on any atom is -0.384 e. The monoisotopic (exact) mass is 573 g/mol. The van der Waals surface area contributed by atoms with Crippen molar-refractivity contribution < 1.29 is 36.2 Å². The van der Waals surface area contributed by atoms with Crippen LogP contribution in [0.25, 0.3) is 10.9 Å². The molecule has 3 N–H and O–H groups in total. The van der Waals surface area contributed by atoms with Crippen LogP contribution >= 0.6 is 11.3 Å². The third-order valence-corrected chi connectivity index (χ3v) is 8.30. The van der Waals surface area contributed by atoms with Crippen molar-refractivity contribution in [2.45, 2.75) is 55.7 Å². The smallest absolute Gasteiger partial charge is 0.384 e. The minimum absolute atomic E-state index is 0.154. The lowest BCUT2D eigenvalue weighted by atomic mass is 9.80. The highest BCUT2D eigenvalue weighted by atomic mass is 32.1. The lowest BCUT2D eigenvalue weighted by Gasteiger charge is -2.48. The summed E-state index contributed by atoms with van der Waals surface area (Å²) >= 11 is 1.43. The van der Waals surface area contributed by atoms with Gasteiger partial charge in [-0.2, -0.15) is 26.3 Å². The van der Waals surface area contributed by atoms with Crippen LogP contribution in [0.1, 0.15) is 41.8 Å². The van der Waals surface area contributed by atoms with Crippen molar-refractivity contribution in [2.75, 3.05) is 25.0 Å². The predicted octanol–water partition coefficient (Wildman–Crippen LogP) is 4.77. The molecule has 0 atom stereocenters. The van der Waals surface area contributed by atoms with Crippen molar-refractivity contribution >= 4 is 33.8 Å². The molecule has 1 aliphatic carbocycles. The number of alkyl halides is 6. The Kier molecular flexibility index (Phi) is 7.22. The van der Waals surface area contributed by atoms with Crippen LogP contribution in [0.3, 0.4) is 0 Å². The van der Waals surface area contributed by atoms with Gasteiger partial charge in [0.2, 0.25) is 5.91 Å². The van der Waals surface area contributed by atoms with Crippen molar-refractivity contribution in [1.29, 1.82) is 0 Å². The van der Waals surface area contributed by atoms with E-state index in [1.807, 2.05) is 0 Å². The Labute approximate surface area is 223 Å². The molecule has 14 heteroatoms. The van der Waals surface area contributed by atoms with Crippen LogP contribution in [0.2, 0.25) is 0 Å². The molecule has 0 unspecified atom stereocenters. The highest BCUT2D eigenvalue weighted by molar-refractivity contribution is 7.09. The molecule has 210 valence electrons. The fourth-order valence-corrected chi connectivity index (χ4v) is 5.97. The number of hydrogen-bond acceptors (Lipinski definition) is 7. The summed E-state index contributed by atoms with van der Waals surface area (Å²) in [5, 5.41) is 16.1. The van der Waals surface area contributed by atoms with Crippen LogP contribution in [-0.2, 0) is 22.7 Å². The van der Waals surface area contributed by atoms with Gasteiger partial charge in [-0.1, -0.05) is 0 Å². The van der Waals surface area contributed by atoms with E-state index in [1.54, 1.807) is 11.7 Å². The summed E-state index contributed by atoms with van der Waals surface area (Å²) in [5.41, 5.74) is -2.01. The van der Waals surface area contributed by atoms with Gasteiger partial charge >= 0.3 is 12.4 Å². The van der Waals surface area contributed by atoms with E-state index in [0.29, 0.717) is 44.1 Å². The molecular weight excluding hydrogens is 548 g/mol. The molecule has 3 aromatic rings. The molecular formula is C25H25F6N5O2S. The van der Waals surface area contributed by atoms with Gasteiger partial charge in [-0.15, -0.1) is 11.3 Å². The van der Waals surface area contributed by atoms with Gasteiger partial charge < -0.3 is 15.7 Å². The first-order valence-corrected chi connectivity index (χ1v) is 13.2. The molecule has 1 aliphatic heterocycles. The van der Waals surface area contributed by atoms with E-state index in [2.05, 4.69) is 25.5 Å². The van der Waals surface area contributed by atoms with Gasteiger partial charge in [-0.05, 0) is 49.9 Å². The van der Waals surface area contributed by atoms with Gasteiger partial charge in [0.1, 0.15) is 11.3 Å². The van der Waals surface area contributed by atoms with Crippen LogP contribution in [0, 0.1) is 0 Å². The second kappa shape index (κ2) is 10.2. The number of hydrogen-bond donors (Lipinski definition) is 3. The van der Waals surface area contributed by atoms with E-state index in [0.717, 1.165) is 23.8 Å². The average molecular weight is 574 g/mol. The number of carbonyl (C=O) groups excluding carboxylic acids is 1. The number of aromatic nitrogens is 2. The number of nitrogens with zero attached hydrogens (tertiary/aromatic N) is 3. The van der Waals surface area contributed by atoms with E-state index in [1.165, 1.54) is 11.3 Å². The fourth-order valence-electron chi connectivity index (χ4n) is 5.19. The third kappa shape index (κ3) is 5.97. The number of pyridine rings is 1. The van der Waals surface area contributed by atoms with E-state index in [-0.39, 0.29) is 28.7 Å².